The summed E-state index contributed by atoms with van der Waals surface area (Å²) in [5.74, 6) is -1.15. The summed E-state index contributed by atoms with van der Waals surface area (Å²) in [7, 11) is 0. The van der Waals surface area contributed by atoms with Crippen LogP contribution in [0.25, 0.3) is 0 Å². The van der Waals surface area contributed by atoms with E-state index in [9.17, 15) is 9.59 Å². The smallest absolute Gasteiger partial charge is 0.250 e. The third kappa shape index (κ3) is 0.652. The Kier molecular flexibility index (Phi) is 0.500. The summed E-state index contributed by atoms with van der Waals surface area (Å²) in [6.45, 7) is 0. The first kappa shape index (κ1) is 2.96. The SMILES string of the molecule is [3H]N1C(=O)C=CC1=O. The first-order valence-electron chi connectivity index (χ1n) is 2.21. The van der Waals surface area contributed by atoms with Gasteiger partial charge in [-0.15, -0.1) is 0 Å². The third-order valence-corrected chi connectivity index (χ3v) is 0.589. The molecule has 0 bridgehead atoms. The van der Waals surface area contributed by atoms with Crippen molar-refractivity contribution < 1.29 is 11.0 Å². The molecule has 2 amide bonds. The van der Waals surface area contributed by atoms with Crippen LogP contribution in [-0.2, 0) is 9.59 Å². The van der Waals surface area contributed by atoms with E-state index in [4.69, 9.17) is 1.41 Å². The van der Waals surface area contributed by atoms with Gasteiger partial charge in [-0.2, -0.15) is 0 Å². The number of carbonyl (C=O) groups excluding carboxylic acids is 2. The molecule has 0 aromatic carbocycles. The topological polar surface area (TPSA) is 46.2 Å². The summed E-state index contributed by atoms with van der Waals surface area (Å²) < 4.78 is 6.62. The monoisotopic (exact) mass is 99.0 g/mol. The summed E-state index contributed by atoms with van der Waals surface area (Å²) in [5.41, 5.74) is 0. The molecule has 0 atom stereocenters. The van der Waals surface area contributed by atoms with Gasteiger partial charge in [0.25, 0.3) is 11.8 Å². The molecule has 0 radical (unpaired) electrons. The minimum Gasteiger partial charge on any atom is -0.289 e. The molecule has 36 valence electrons. The minimum absolute atomic E-state index is 0.306. The van der Waals surface area contributed by atoms with Gasteiger partial charge in [0.05, 0.1) is 0 Å². The van der Waals surface area contributed by atoms with E-state index in [0.717, 1.165) is 12.2 Å². The minimum atomic E-state index is -0.574. The van der Waals surface area contributed by atoms with Gasteiger partial charge in [-0.3, -0.25) is 14.9 Å². The van der Waals surface area contributed by atoms with E-state index in [2.05, 4.69) is 0 Å². The van der Waals surface area contributed by atoms with Crippen LogP contribution in [0.1, 0.15) is 0 Å². The van der Waals surface area contributed by atoms with Crippen LogP contribution in [-0.4, -0.2) is 11.8 Å². The van der Waals surface area contributed by atoms with Crippen LogP contribution in [0.3, 0.4) is 0 Å². The molecule has 0 fully saturated rings. The van der Waals surface area contributed by atoms with Crippen LogP contribution >= 0.6 is 0 Å². The number of amides is 2. The molecule has 0 aliphatic carbocycles. The fourth-order valence-corrected chi connectivity index (χ4v) is 0.326. The van der Waals surface area contributed by atoms with E-state index in [-0.39, 0.29) is 0 Å². The summed E-state index contributed by atoms with van der Waals surface area (Å²) >= 11 is 0. The number of imide groups is 1. The van der Waals surface area contributed by atoms with E-state index < -0.39 is 11.8 Å². The predicted octanol–water partition coefficient (Wildman–Crippen LogP) is -0.801. The highest BCUT2D eigenvalue weighted by molar-refractivity contribution is 6.12. The lowest BCUT2D eigenvalue weighted by atomic mass is 10.6. The van der Waals surface area contributed by atoms with Crippen molar-refractivity contribution in [1.29, 1.82) is 0 Å². The number of rotatable bonds is 0. The van der Waals surface area contributed by atoms with Crippen molar-refractivity contribution in [2.75, 3.05) is 0 Å². The van der Waals surface area contributed by atoms with Crippen LogP contribution < -0.4 is 5.31 Å². The molecule has 1 rings (SSSR count). The highest BCUT2D eigenvalue weighted by Crippen LogP contribution is 1.82. The van der Waals surface area contributed by atoms with E-state index in [1.807, 2.05) is 0 Å². The molecule has 0 saturated heterocycles. The van der Waals surface area contributed by atoms with Gasteiger partial charge in [0.15, 0.2) is 1.41 Å². The van der Waals surface area contributed by atoms with E-state index in [1.54, 1.807) is 0 Å². The summed E-state index contributed by atoms with van der Waals surface area (Å²) in [5, 5.41) is 0.306. The van der Waals surface area contributed by atoms with Crippen molar-refractivity contribution in [3.05, 3.63) is 12.2 Å². The highest BCUT2D eigenvalue weighted by Gasteiger charge is 2.06. The van der Waals surface area contributed by atoms with Gasteiger partial charge in [0.2, 0.25) is 0 Å². The molecule has 0 aromatic rings. The van der Waals surface area contributed by atoms with Crippen LogP contribution in [0.15, 0.2) is 12.2 Å². The Morgan fingerprint density at radius 1 is 1.43 bits per heavy atom. The Morgan fingerprint density at radius 2 is 1.86 bits per heavy atom. The second-order valence-corrected chi connectivity index (χ2v) is 1.12. The molecule has 0 spiro atoms. The van der Waals surface area contributed by atoms with Gasteiger partial charge in [-0.25, -0.2) is 0 Å². The maximum atomic E-state index is 10.2. The van der Waals surface area contributed by atoms with Crippen molar-refractivity contribution in [3.8, 4) is 0 Å². The zero-order chi connectivity index (χ0) is 6.15. The predicted molar refractivity (Wildman–Crippen MR) is 22.3 cm³/mol. The summed E-state index contributed by atoms with van der Waals surface area (Å²) in [6.07, 6.45) is 2.13. The summed E-state index contributed by atoms with van der Waals surface area (Å²) in [6, 6.07) is 0. The lowest BCUT2D eigenvalue weighted by Gasteiger charge is -1.80. The fraction of sp³-hybridized carbons (Fsp3) is 0. The number of nitrogens with one attached hydrogen (secondary N) is 1. The van der Waals surface area contributed by atoms with E-state index in [1.165, 1.54) is 0 Å². The molecule has 0 saturated carbocycles. The van der Waals surface area contributed by atoms with Crippen molar-refractivity contribution in [3.63, 3.8) is 0 Å². The fourth-order valence-electron chi connectivity index (χ4n) is 0.326. The maximum Gasteiger partial charge on any atom is 0.250 e. The molecule has 3 nitrogen and oxygen atoms in total. The zero-order valence-corrected chi connectivity index (χ0v) is 3.42. The van der Waals surface area contributed by atoms with E-state index >= 15 is 0 Å². The molecule has 0 unspecified atom stereocenters. The molecule has 1 heterocycles. The first-order chi connectivity index (χ1) is 3.72. The van der Waals surface area contributed by atoms with Crippen LogP contribution in [0, 0.1) is 0 Å². The number of carbonyl (C=O) groups is 2. The lowest BCUT2D eigenvalue weighted by molar-refractivity contribution is -0.123. The standard InChI is InChI=1S/C4H3NO2/c6-3-1-2-4(7)5-3/h1-2H,(H,5,6,7)/i/hT. The number of hydrogen-bond donors (Lipinski definition) is 1. The largest absolute Gasteiger partial charge is 0.289 e. The molecular weight excluding hydrogens is 94.0 g/mol. The van der Waals surface area contributed by atoms with Crippen LogP contribution in [0.2, 0.25) is 1.41 Å². The van der Waals surface area contributed by atoms with Gasteiger partial charge >= 0.3 is 0 Å². The van der Waals surface area contributed by atoms with Crippen LogP contribution in [0.5, 0.6) is 0 Å². The Balaban J connectivity index is 2.84. The molecular formula is C4H3NO2. The number of hydrogen-bond acceptors (Lipinski definition) is 2. The van der Waals surface area contributed by atoms with Gasteiger partial charge in [0, 0.05) is 12.2 Å². The van der Waals surface area contributed by atoms with Gasteiger partial charge in [-0.05, 0) is 0 Å². The third-order valence-electron chi connectivity index (χ3n) is 0.589. The highest BCUT2D eigenvalue weighted by atomic mass is 16.2. The molecule has 7 heavy (non-hydrogen) atoms. The summed E-state index contributed by atoms with van der Waals surface area (Å²) in [4.78, 5) is 20.4. The Bertz CT molecular complexity index is 157. The first-order valence-corrected chi connectivity index (χ1v) is 1.77. The van der Waals surface area contributed by atoms with Gasteiger partial charge < -0.3 is 0 Å². The maximum absolute atomic E-state index is 10.2. The second kappa shape index (κ2) is 1.18. The Labute approximate surface area is 41.5 Å². The molecule has 1 N–H and O–H groups in total. The van der Waals surface area contributed by atoms with E-state index in [0.29, 0.717) is 5.31 Å². The van der Waals surface area contributed by atoms with Crippen molar-refractivity contribution in [2.24, 2.45) is 0 Å². The van der Waals surface area contributed by atoms with Crippen molar-refractivity contribution in [2.45, 2.75) is 0 Å². The zero-order valence-electron chi connectivity index (χ0n) is 4.42. The normalized spacial score (nSPS) is 21.1. The molecule has 3 heteroatoms. The molecule has 0 aromatic heterocycles. The van der Waals surface area contributed by atoms with Crippen molar-refractivity contribution in [1.82, 2.24) is 5.31 Å². The average Bonchev–Trinajstić information content (AvgIpc) is 1.98. The quantitative estimate of drug-likeness (QED) is 0.404. The Morgan fingerprint density at radius 3 is 2.00 bits per heavy atom. The Hall–Kier alpha value is -1.12. The molecule has 1 aliphatic heterocycles. The van der Waals surface area contributed by atoms with Gasteiger partial charge in [-0.1, -0.05) is 0 Å². The second-order valence-electron chi connectivity index (χ2n) is 1.12. The van der Waals surface area contributed by atoms with Crippen LogP contribution in [0.4, 0.5) is 0 Å². The lowest BCUT2D eigenvalue weighted by Crippen LogP contribution is -2.19. The van der Waals surface area contributed by atoms with Gasteiger partial charge in [0.1, 0.15) is 0 Å². The van der Waals surface area contributed by atoms with Crippen molar-refractivity contribution >= 4 is 11.8 Å². The molecule has 1 aliphatic rings. The average molecular weight is 99.1 g/mol.